The smallest absolute Gasteiger partial charge is 0.246 e. The molecule has 3 aromatic heterocycles. The lowest BCUT2D eigenvalue weighted by Gasteiger charge is -2.36. The number of amides is 16. The molecule has 3 aliphatic heterocycles. The van der Waals surface area contributed by atoms with Crippen LogP contribution < -0.4 is 70.4 Å². The van der Waals surface area contributed by atoms with Crippen molar-refractivity contribution >= 4 is 150 Å². The molecule has 0 saturated carbocycles. The Labute approximate surface area is 790 Å². The number of nitrogens with zero attached hydrogens (tertiary/aromatic N) is 6. The highest BCUT2D eigenvalue weighted by molar-refractivity contribution is 7.99. The quantitative estimate of drug-likeness (QED) is 0.0192. The number of imidazole rings is 1. The maximum Gasteiger partial charge on any atom is 0.246 e. The third-order valence-corrected chi connectivity index (χ3v) is 26.6. The van der Waals surface area contributed by atoms with Gasteiger partial charge in [0.05, 0.1) is 43.6 Å². The molecule has 3 aliphatic rings. The van der Waals surface area contributed by atoms with Crippen LogP contribution in [0.5, 0.6) is 5.75 Å². The summed E-state index contributed by atoms with van der Waals surface area (Å²) in [5.41, 5.74) is 19.4. The molecule has 9 rings (SSSR count). The van der Waals surface area contributed by atoms with Gasteiger partial charge in [-0.15, -0.1) is 11.3 Å². The summed E-state index contributed by atoms with van der Waals surface area (Å²) in [6.45, 7) is 6.78. The molecule has 0 spiro atoms. The number of rotatable bonds is 26. The summed E-state index contributed by atoms with van der Waals surface area (Å²) in [7, 11) is 3.98. The molecule has 0 aliphatic carbocycles. The number of carbonyl (C=O) groups excluding carboxylic acids is 17. The van der Waals surface area contributed by atoms with Crippen molar-refractivity contribution < 1.29 is 91.7 Å². The summed E-state index contributed by atoms with van der Waals surface area (Å²) in [5, 5.41) is 59.5. The molecule has 135 heavy (non-hydrogen) atoms. The van der Waals surface area contributed by atoms with Crippen molar-refractivity contribution in [3.63, 3.8) is 0 Å². The third-order valence-electron chi connectivity index (χ3n) is 24.5. The van der Waals surface area contributed by atoms with Gasteiger partial charge >= 0.3 is 0 Å². The number of H-pyrrole nitrogens is 2. The SMILES string of the molecule is CCCC[C@H]1C(=O)N(C)[C@@H](CCCC)C(=O)N[C@@H](CCCNC(=N)N)C(=O)C[C@H](C(=O)NCC(N)=O)CSCC(=O)N[C@@H](Cc2ccc(O)cc2)C(=O)N(C)[C@@H](C)C(=O)N[C@@H](CC(N)=O)C(=O)N2CCC[C@H]2C(=O)N[C@@H](Cc2cnc[nH]2)C(=O)N[C@@H](CC(C)C)C(=O)N2CCC[C@H]2C(=O)N[C@@H](Cc2c[nH]c3ccccc23)C(=O)N[C@@H](CO)C(=O)N[C@@H](Cc2csc3ccccc23)C(=O)N1C. The van der Waals surface area contributed by atoms with Gasteiger partial charge in [-0.1, -0.05) is 102 Å². The number of phenolic OH excluding ortho intramolecular Hbond substituents is 1. The number of phenols is 1. The number of likely N-dealkylation sites (N-methyl/N-ethyl adjacent to an activating group) is 3. The molecule has 6 aromatic rings. The number of nitrogens with one attached hydrogen (secondary N) is 13. The number of thioether (sulfide) groups is 1. The molecule has 3 aromatic carbocycles. The first-order valence-electron chi connectivity index (χ1n) is 45.6. The average Bonchev–Trinajstić information content (AvgIpc) is 1.75. The molecule has 3 fully saturated rings. The van der Waals surface area contributed by atoms with Gasteiger partial charge in [-0.25, -0.2) is 4.98 Å². The second kappa shape index (κ2) is 50.9. The maximum absolute atomic E-state index is 15.8. The zero-order valence-electron chi connectivity index (χ0n) is 77.3. The lowest BCUT2D eigenvalue weighted by Crippen LogP contribution is -2.61. The van der Waals surface area contributed by atoms with Crippen LogP contribution in [0.2, 0.25) is 0 Å². The van der Waals surface area contributed by atoms with Crippen molar-refractivity contribution in [2.45, 2.75) is 235 Å². The van der Waals surface area contributed by atoms with Crippen LogP contribution in [0.1, 0.15) is 153 Å². The summed E-state index contributed by atoms with van der Waals surface area (Å²) in [6.07, 6.45) is 4.24. The fourth-order valence-electron chi connectivity index (χ4n) is 16.9. The predicted molar refractivity (Wildman–Crippen MR) is 503 cm³/mol. The standard InChI is InChI=1S/C92H128N22O19S2/c1-9-11-24-70-84(126)103-62(23-17-33-98-92(95)96)74(117)40-56(80(122)100-45-77(94)119)47-134-49-78(120)102-66(37-53-29-31-58(116)32-30-53)87(129)110(6)52(5)79(121)106-68(42-76(93)118)90(132)114-35-19-27-72(114)86(128)105-64(41-57-44-97-50-101-57)82(124)107-65(36-51(3)4)89(131)113-34-18-26-71(113)85(127)104-63(38-54-43-99-61-22-15-13-20-59(54)61)81(123)109-69(46-115)83(125)108-67(39-55-48-135-75-28-16-14-21-60(55)75)88(130)112(8)73(25-12-10-2)91(133)111(70)7/h13-16,20-22,28-32,43-44,48,50-52,56,62-73,99,115-116H,9-12,17-19,23-27,33-42,45-47,49H2,1-8H3,(H2,93,118)(H2,94,119)(H,97,101)(H,100,122)(H,102,120)(H,103,126)(H,104,127)(H,105,128)(H,106,121)(H,107,124)(H,108,125)(H,109,123)(H4,95,96,98)/t52-,56-,62-,63-,64-,65-,66-,67-,68-,69-,70-,71-,72-,73-/m0/s1. The van der Waals surface area contributed by atoms with Gasteiger partial charge in [0.25, 0.3) is 0 Å². The number of Topliss-reactive ketones (excluding diaryl/α,β-unsaturated/α-hetero) is 1. The Kier molecular flexibility index (Phi) is 39.8. The van der Waals surface area contributed by atoms with Gasteiger partial charge in [-0.2, -0.15) is 11.8 Å². The van der Waals surface area contributed by atoms with Crippen LogP contribution in [-0.2, 0) is 107 Å². The topological polar surface area (TPSA) is 614 Å². The van der Waals surface area contributed by atoms with Gasteiger partial charge in [0.15, 0.2) is 11.7 Å². The van der Waals surface area contributed by atoms with Gasteiger partial charge in [0.2, 0.25) is 94.5 Å². The first-order chi connectivity index (χ1) is 64.4. The number of hydrogen-bond donors (Lipinski definition) is 18. The molecule has 21 N–H and O–H groups in total. The number of aromatic amines is 2. The van der Waals surface area contributed by atoms with E-state index < -0.39 is 222 Å². The zero-order valence-corrected chi connectivity index (χ0v) is 79.0. The number of carbonyl (C=O) groups is 17. The van der Waals surface area contributed by atoms with E-state index in [9.17, 15) is 48.6 Å². The summed E-state index contributed by atoms with van der Waals surface area (Å²) in [4.78, 5) is 267. The van der Waals surface area contributed by atoms with Gasteiger partial charge in [-0.05, 0) is 122 Å². The van der Waals surface area contributed by atoms with Crippen LogP contribution >= 0.6 is 23.1 Å². The van der Waals surface area contributed by atoms with Crippen molar-refractivity contribution in [2.75, 3.05) is 65.4 Å². The Morgan fingerprint density at radius 2 is 1.12 bits per heavy atom. The minimum absolute atomic E-state index is 0.00117. The normalized spacial score (nSPS) is 24.3. The van der Waals surface area contributed by atoms with Gasteiger partial charge in [0.1, 0.15) is 78.3 Å². The lowest BCUT2D eigenvalue weighted by atomic mass is 9.95. The lowest BCUT2D eigenvalue weighted by molar-refractivity contribution is -0.149. The number of fused-ring (bicyclic) bond motifs is 4. The van der Waals surface area contributed by atoms with Gasteiger partial charge in [0, 0.05) is 112 Å². The number of primary amides is 2. The first kappa shape index (κ1) is 106. The van der Waals surface area contributed by atoms with E-state index in [4.69, 9.17) is 22.6 Å². The minimum atomic E-state index is -1.84. The molecule has 3 saturated heterocycles. The largest absolute Gasteiger partial charge is 0.508 e. The van der Waals surface area contributed by atoms with E-state index in [1.807, 2.05) is 37.4 Å². The second-order valence-corrected chi connectivity index (χ2v) is 36.9. The molecule has 41 nitrogen and oxygen atoms in total. The molecule has 16 amide bonds. The maximum atomic E-state index is 15.8. The minimum Gasteiger partial charge on any atom is -0.508 e. The van der Waals surface area contributed by atoms with E-state index >= 15 is 43.2 Å². The number of ketones is 1. The Hall–Kier alpha value is -13.1. The second-order valence-electron chi connectivity index (χ2n) is 35.0. The van der Waals surface area contributed by atoms with E-state index in [0.717, 1.165) is 31.6 Å². The Morgan fingerprint density at radius 1 is 0.563 bits per heavy atom. The number of hydrogen-bond acceptors (Lipinski definition) is 23. The van der Waals surface area contributed by atoms with E-state index in [1.54, 1.807) is 50.4 Å². The fraction of sp³-hybridized carbons (Fsp3) is 0.533. The number of nitrogens with two attached hydrogens (primary N) is 3. The number of aromatic hydroxyl groups is 1. The Morgan fingerprint density at radius 3 is 1.73 bits per heavy atom. The Bertz CT molecular complexity index is 5210. The molecule has 14 atom stereocenters. The molecule has 0 bridgehead atoms. The van der Waals surface area contributed by atoms with Crippen LogP contribution in [0.25, 0.3) is 21.0 Å². The molecule has 0 unspecified atom stereocenters. The molecule has 732 valence electrons. The number of thiophene rings is 1. The highest BCUT2D eigenvalue weighted by Gasteiger charge is 2.46. The van der Waals surface area contributed by atoms with Crippen molar-refractivity contribution in [1.82, 2.24) is 92.6 Å². The van der Waals surface area contributed by atoms with E-state index in [0.29, 0.717) is 59.0 Å². The fourth-order valence-corrected chi connectivity index (χ4v) is 18.8. The van der Waals surface area contributed by atoms with Crippen LogP contribution in [0.15, 0.2) is 96.9 Å². The Balaban J connectivity index is 1.10. The molecular formula is C92H128N22O19S2. The third kappa shape index (κ3) is 29.7. The highest BCUT2D eigenvalue weighted by atomic mass is 32.2. The molecule has 6 heterocycles. The highest BCUT2D eigenvalue weighted by Crippen LogP contribution is 2.30. The average molecular weight is 1910 g/mol. The first-order valence-corrected chi connectivity index (χ1v) is 47.7. The van der Waals surface area contributed by atoms with Crippen LogP contribution in [0.3, 0.4) is 0 Å². The summed E-state index contributed by atoms with van der Waals surface area (Å²) < 4.78 is 0.829. The van der Waals surface area contributed by atoms with E-state index in [1.165, 1.54) is 90.9 Å². The van der Waals surface area contributed by atoms with Gasteiger partial charge < -0.3 is 115 Å². The number of aliphatic hydroxyl groups is 1. The van der Waals surface area contributed by atoms with Crippen molar-refractivity contribution in [3.8, 4) is 5.75 Å². The van der Waals surface area contributed by atoms with E-state index in [2.05, 4.69) is 68.1 Å². The predicted octanol–water partition coefficient (Wildman–Crippen LogP) is -0.0756. The van der Waals surface area contributed by atoms with Crippen molar-refractivity contribution in [1.29, 1.82) is 5.41 Å². The number of unbranched alkanes of at least 4 members (excludes halogenated alkanes) is 2. The zero-order chi connectivity index (χ0) is 98.4. The number of aliphatic hydroxyl groups excluding tert-OH is 1. The number of aromatic nitrogens is 3. The van der Waals surface area contributed by atoms with Crippen LogP contribution in [-0.4, -0.2) is 300 Å². The monoisotopic (exact) mass is 1910 g/mol. The van der Waals surface area contributed by atoms with Crippen molar-refractivity contribution in [3.05, 3.63) is 119 Å². The summed E-state index contributed by atoms with van der Waals surface area (Å²) in [6, 6.07) is 0.776. The number of para-hydroxylation sites is 1. The summed E-state index contributed by atoms with van der Waals surface area (Å²) >= 11 is 2.20. The van der Waals surface area contributed by atoms with Gasteiger partial charge in [-0.3, -0.25) is 86.9 Å². The van der Waals surface area contributed by atoms with E-state index in [-0.39, 0.29) is 121 Å². The molecular weight excluding hydrogens is 1780 g/mol. The number of benzene rings is 3. The van der Waals surface area contributed by atoms with Crippen LogP contribution in [0, 0.1) is 17.2 Å². The number of guanidine groups is 1. The molecule has 43 heteroatoms. The van der Waals surface area contributed by atoms with Crippen LogP contribution in [0.4, 0.5) is 0 Å². The van der Waals surface area contributed by atoms with Crippen molar-refractivity contribution in [2.24, 2.45) is 29.0 Å². The summed E-state index contributed by atoms with van der Waals surface area (Å²) in [5.74, 6) is -17.9. The molecule has 0 radical (unpaired) electrons.